The molecule has 0 bridgehead atoms. The number of rotatable bonds is 5. The van der Waals surface area contributed by atoms with Gasteiger partial charge < -0.3 is 15.1 Å². The highest BCUT2D eigenvalue weighted by Gasteiger charge is 2.35. The van der Waals surface area contributed by atoms with Crippen molar-refractivity contribution < 1.29 is 22.8 Å². The summed E-state index contributed by atoms with van der Waals surface area (Å²) in [5.74, 6) is 0.754. The van der Waals surface area contributed by atoms with E-state index in [0.717, 1.165) is 5.82 Å². The molecule has 29 heavy (non-hydrogen) atoms. The Kier molecular flexibility index (Phi) is 6.46. The summed E-state index contributed by atoms with van der Waals surface area (Å²) in [6, 6.07) is 4.91. The van der Waals surface area contributed by atoms with E-state index in [1.54, 1.807) is 11.1 Å². The number of carbonyl (C=O) groups excluding carboxylic acids is 2. The molecule has 1 saturated heterocycles. The molecule has 156 valence electrons. The van der Waals surface area contributed by atoms with Crippen molar-refractivity contribution in [2.75, 3.05) is 42.9 Å². The van der Waals surface area contributed by atoms with Gasteiger partial charge in [-0.25, -0.2) is 9.78 Å². The van der Waals surface area contributed by atoms with Gasteiger partial charge in [0.05, 0.1) is 0 Å². The number of alkyl halides is 3. The highest BCUT2D eigenvalue weighted by atomic mass is 32.1. The summed E-state index contributed by atoms with van der Waals surface area (Å²) in [7, 11) is 0. The largest absolute Gasteiger partial charge is 0.445 e. The predicted octanol–water partition coefficient (Wildman–Crippen LogP) is 1.81. The first-order chi connectivity index (χ1) is 13.8. The van der Waals surface area contributed by atoms with Crippen molar-refractivity contribution in [2.45, 2.75) is 12.6 Å². The molecular weight excluding hydrogens is 411 g/mol. The van der Waals surface area contributed by atoms with Crippen LogP contribution in [0, 0.1) is 0 Å². The van der Waals surface area contributed by atoms with Crippen molar-refractivity contribution in [2.24, 2.45) is 0 Å². The molecule has 3 rings (SSSR count). The number of nitrogens with zero attached hydrogens (tertiary/aromatic N) is 5. The summed E-state index contributed by atoms with van der Waals surface area (Å²) in [5, 5.41) is 9.41. The molecule has 1 fully saturated rings. The maximum atomic E-state index is 12.5. The van der Waals surface area contributed by atoms with Crippen molar-refractivity contribution in [1.29, 1.82) is 0 Å². The summed E-state index contributed by atoms with van der Waals surface area (Å²) in [6.45, 7) is 2.47. The van der Waals surface area contributed by atoms with E-state index >= 15 is 0 Å². The second-order valence-corrected chi connectivity index (χ2v) is 7.07. The molecule has 2 N–H and O–H groups in total. The van der Waals surface area contributed by atoms with E-state index in [1.165, 1.54) is 0 Å². The van der Waals surface area contributed by atoms with Crippen LogP contribution in [0.4, 0.5) is 28.9 Å². The van der Waals surface area contributed by atoms with Crippen LogP contribution in [-0.4, -0.2) is 64.7 Å². The number of urea groups is 1. The van der Waals surface area contributed by atoms with Crippen molar-refractivity contribution in [3.8, 4) is 0 Å². The van der Waals surface area contributed by atoms with Gasteiger partial charge in [-0.15, -0.1) is 10.2 Å². The number of hydrogen-bond donors (Lipinski definition) is 2. The standard InChI is InChI=1S/C16H18F3N7O2S/c17-16(18,19)13-23-24-15(29-13)22-14(28)21-6-4-12(27)26-9-7-25(8-10-26)11-3-1-2-5-20-11/h1-3,5H,4,6-10H2,(H2,21,22,24,28). The van der Waals surface area contributed by atoms with E-state index in [4.69, 9.17) is 0 Å². The number of piperazine rings is 1. The summed E-state index contributed by atoms with van der Waals surface area (Å²) in [4.78, 5) is 32.1. The van der Waals surface area contributed by atoms with E-state index in [2.05, 4.69) is 30.7 Å². The van der Waals surface area contributed by atoms with Crippen molar-refractivity contribution in [1.82, 2.24) is 25.4 Å². The monoisotopic (exact) mass is 429 g/mol. The Morgan fingerprint density at radius 1 is 1.14 bits per heavy atom. The number of anilines is 2. The predicted molar refractivity (Wildman–Crippen MR) is 99.6 cm³/mol. The third-order valence-corrected chi connectivity index (χ3v) is 5.00. The van der Waals surface area contributed by atoms with Crippen LogP contribution in [0.25, 0.3) is 0 Å². The number of halogens is 3. The van der Waals surface area contributed by atoms with E-state index in [0.29, 0.717) is 26.2 Å². The van der Waals surface area contributed by atoms with Gasteiger partial charge in [0.25, 0.3) is 0 Å². The Hall–Kier alpha value is -2.96. The number of nitrogens with one attached hydrogen (secondary N) is 2. The topological polar surface area (TPSA) is 103 Å². The van der Waals surface area contributed by atoms with Gasteiger partial charge in [0.15, 0.2) is 0 Å². The average molecular weight is 429 g/mol. The lowest BCUT2D eigenvalue weighted by atomic mass is 10.2. The Labute approximate surface area is 167 Å². The van der Waals surface area contributed by atoms with Gasteiger partial charge in [-0.1, -0.05) is 17.4 Å². The van der Waals surface area contributed by atoms with Crippen LogP contribution in [0.15, 0.2) is 24.4 Å². The fourth-order valence-corrected chi connectivity index (χ4v) is 3.30. The van der Waals surface area contributed by atoms with Crippen molar-refractivity contribution >= 4 is 34.2 Å². The molecular formula is C16H18F3N7O2S. The van der Waals surface area contributed by atoms with Gasteiger partial charge in [0.1, 0.15) is 5.82 Å². The van der Waals surface area contributed by atoms with Crippen molar-refractivity contribution in [3.05, 3.63) is 29.4 Å². The molecule has 0 radical (unpaired) electrons. The van der Waals surface area contributed by atoms with Crippen LogP contribution < -0.4 is 15.5 Å². The summed E-state index contributed by atoms with van der Waals surface area (Å²) < 4.78 is 37.4. The zero-order valence-electron chi connectivity index (χ0n) is 15.1. The first-order valence-corrected chi connectivity index (χ1v) is 9.54. The van der Waals surface area contributed by atoms with Crippen LogP contribution in [0.5, 0.6) is 0 Å². The van der Waals surface area contributed by atoms with E-state index in [1.807, 2.05) is 18.2 Å². The lowest BCUT2D eigenvalue weighted by molar-refractivity contribution is -0.138. The number of pyridine rings is 1. The summed E-state index contributed by atoms with van der Waals surface area (Å²) >= 11 is 0.225. The molecule has 0 unspecified atom stereocenters. The number of aromatic nitrogens is 3. The van der Waals surface area contributed by atoms with E-state index < -0.39 is 17.2 Å². The molecule has 0 aliphatic carbocycles. The molecule has 3 heterocycles. The zero-order valence-corrected chi connectivity index (χ0v) is 16.0. The third kappa shape index (κ3) is 5.76. The minimum atomic E-state index is -4.61. The van der Waals surface area contributed by atoms with E-state index in [-0.39, 0.29) is 35.3 Å². The van der Waals surface area contributed by atoms with Gasteiger partial charge in [0, 0.05) is 45.3 Å². The first kappa shape index (κ1) is 20.8. The Morgan fingerprint density at radius 2 is 1.90 bits per heavy atom. The molecule has 1 aliphatic rings. The van der Waals surface area contributed by atoms with Gasteiger partial charge in [-0.2, -0.15) is 13.2 Å². The maximum Gasteiger partial charge on any atom is 0.445 e. The average Bonchev–Trinajstić information content (AvgIpc) is 3.17. The molecule has 0 saturated carbocycles. The number of amides is 3. The molecule has 0 aromatic carbocycles. The lowest BCUT2D eigenvalue weighted by Crippen LogP contribution is -2.49. The fraction of sp³-hybridized carbons (Fsp3) is 0.438. The van der Waals surface area contributed by atoms with Crippen LogP contribution in [0.1, 0.15) is 11.4 Å². The van der Waals surface area contributed by atoms with Gasteiger partial charge >= 0.3 is 12.2 Å². The molecule has 0 atom stereocenters. The third-order valence-electron chi connectivity index (χ3n) is 4.12. The molecule has 9 nitrogen and oxygen atoms in total. The van der Waals surface area contributed by atoms with Crippen LogP contribution in [0.2, 0.25) is 0 Å². The SMILES string of the molecule is O=C(NCCC(=O)N1CCN(c2ccccn2)CC1)Nc1nnc(C(F)(F)F)s1. The molecule has 1 aliphatic heterocycles. The molecule has 2 aromatic rings. The van der Waals surface area contributed by atoms with Gasteiger partial charge in [-0.05, 0) is 12.1 Å². The van der Waals surface area contributed by atoms with Gasteiger partial charge in [-0.3, -0.25) is 10.1 Å². The first-order valence-electron chi connectivity index (χ1n) is 8.72. The molecule has 0 spiro atoms. The molecule has 3 amide bonds. The maximum absolute atomic E-state index is 12.5. The summed E-state index contributed by atoms with van der Waals surface area (Å²) in [5.41, 5.74) is 0. The van der Waals surface area contributed by atoms with Crippen LogP contribution >= 0.6 is 11.3 Å². The summed E-state index contributed by atoms with van der Waals surface area (Å²) in [6.07, 6.45) is -2.81. The lowest BCUT2D eigenvalue weighted by Gasteiger charge is -2.35. The number of hydrogen-bond acceptors (Lipinski definition) is 7. The quantitative estimate of drug-likeness (QED) is 0.752. The Morgan fingerprint density at radius 3 is 2.52 bits per heavy atom. The normalized spacial score (nSPS) is 14.6. The van der Waals surface area contributed by atoms with E-state index in [9.17, 15) is 22.8 Å². The highest BCUT2D eigenvalue weighted by Crippen LogP contribution is 2.32. The second kappa shape index (κ2) is 9.03. The fourth-order valence-electron chi connectivity index (χ4n) is 2.70. The minimum Gasteiger partial charge on any atom is -0.353 e. The minimum absolute atomic E-state index is 0.0516. The molecule has 2 aromatic heterocycles. The Bertz CT molecular complexity index is 839. The zero-order chi connectivity index (χ0) is 20.9. The van der Waals surface area contributed by atoms with Crippen LogP contribution in [0.3, 0.4) is 0 Å². The molecule has 13 heteroatoms. The van der Waals surface area contributed by atoms with Crippen LogP contribution in [-0.2, 0) is 11.0 Å². The number of carbonyl (C=O) groups is 2. The van der Waals surface area contributed by atoms with Gasteiger partial charge in [0.2, 0.25) is 16.0 Å². The highest BCUT2D eigenvalue weighted by molar-refractivity contribution is 7.15. The smallest absolute Gasteiger partial charge is 0.353 e. The van der Waals surface area contributed by atoms with Crippen molar-refractivity contribution in [3.63, 3.8) is 0 Å². The second-order valence-electron chi connectivity index (χ2n) is 6.10. The Balaban J connectivity index is 1.37.